The first-order valence-electron chi connectivity index (χ1n) is 8.91. The summed E-state index contributed by atoms with van der Waals surface area (Å²) >= 11 is 0. The lowest BCUT2D eigenvalue weighted by atomic mass is 10.1. The number of ether oxygens (including phenoxy) is 3. The fourth-order valence-electron chi connectivity index (χ4n) is 3.10. The van der Waals surface area contributed by atoms with Crippen LogP contribution < -0.4 is 9.47 Å². The van der Waals surface area contributed by atoms with Crippen LogP contribution in [-0.4, -0.2) is 50.1 Å². The average Bonchev–Trinajstić information content (AvgIpc) is 2.97. The molecule has 1 aliphatic rings. The molecule has 2 aromatic carbocycles. The van der Waals surface area contributed by atoms with Crippen LogP contribution in [0.15, 0.2) is 42.5 Å². The maximum atomic E-state index is 12.4. The Morgan fingerprint density at radius 2 is 1.43 bits per heavy atom. The number of esters is 1. The number of hydrogen-bond acceptors (Lipinski definition) is 6. The van der Waals surface area contributed by atoms with Gasteiger partial charge in [-0.05, 0) is 37.1 Å². The highest BCUT2D eigenvalue weighted by molar-refractivity contribution is 6.21. The third-order valence-corrected chi connectivity index (χ3v) is 4.52. The van der Waals surface area contributed by atoms with Crippen molar-refractivity contribution in [2.75, 3.05) is 27.4 Å². The van der Waals surface area contributed by atoms with E-state index >= 15 is 0 Å². The minimum absolute atomic E-state index is 0.156. The lowest BCUT2D eigenvalue weighted by Crippen LogP contribution is -2.30. The number of fused-ring (bicyclic) bond motifs is 1. The van der Waals surface area contributed by atoms with Gasteiger partial charge in [-0.25, -0.2) is 4.79 Å². The number of methoxy groups -OCH3 is 2. The topological polar surface area (TPSA) is 82.1 Å². The summed E-state index contributed by atoms with van der Waals surface area (Å²) in [5, 5.41) is 0. The lowest BCUT2D eigenvalue weighted by molar-refractivity contribution is 0.0478. The van der Waals surface area contributed by atoms with E-state index in [1.807, 2.05) is 0 Å². The predicted molar refractivity (Wildman–Crippen MR) is 101 cm³/mol. The van der Waals surface area contributed by atoms with E-state index in [4.69, 9.17) is 14.2 Å². The molecule has 3 rings (SSSR count). The number of rotatable bonds is 8. The van der Waals surface area contributed by atoms with Gasteiger partial charge < -0.3 is 14.2 Å². The van der Waals surface area contributed by atoms with E-state index in [0.29, 0.717) is 35.5 Å². The van der Waals surface area contributed by atoms with Crippen LogP contribution in [-0.2, 0) is 4.74 Å². The Hall–Kier alpha value is -3.35. The third-order valence-electron chi connectivity index (χ3n) is 4.52. The van der Waals surface area contributed by atoms with E-state index in [0.717, 1.165) is 0 Å². The maximum Gasteiger partial charge on any atom is 0.345 e. The molecule has 7 nitrogen and oxygen atoms in total. The van der Waals surface area contributed by atoms with Crippen molar-refractivity contribution in [1.82, 2.24) is 4.90 Å². The number of imide groups is 1. The van der Waals surface area contributed by atoms with Gasteiger partial charge in [0.05, 0.1) is 32.0 Å². The summed E-state index contributed by atoms with van der Waals surface area (Å²) in [6.07, 6.45) is 1.04. The second kappa shape index (κ2) is 8.56. The fraction of sp³-hybridized carbons (Fsp3) is 0.286. The summed E-state index contributed by atoms with van der Waals surface area (Å²) in [5.74, 6) is -0.367. The van der Waals surface area contributed by atoms with Gasteiger partial charge in [-0.2, -0.15) is 0 Å². The summed E-state index contributed by atoms with van der Waals surface area (Å²) in [6, 6.07) is 11.8. The van der Waals surface area contributed by atoms with Crippen LogP contribution in [0.1, 0.15) is 43.9 Å². The number of carbonyl (C=O) groups excluding carboxylic acids is 3. The molecule has 0 spiro atoms. The lowest BCUT2D eigenvalue weighted by Gasteiger charge is -2.14. The Morgan fingerprint density at radius 1 is 0.857 bits per heavy atom. The molecule has 2 amide bonds. The van der Waals surface area contributed by atoms with Crippen molar-refractivity contribution in [3.8, 4) is 11.5 Å². The number of unbranched alkanes of at least 4 members (excludes halogenated alkanes) is 1. The molecule has 0 fully saturated rings. The molecule has 28 heavy (non-hydrogen) atoms. The van der Waals surface area contributed by atoms with E-state index in [1.165, 1.54) is 19.1 Å². The second-order valence-electron chi connectivity index (χ2n) is 6.19. The Kier molecular flexibility index (Phi) is 5.93. The third kappa shape index (κ3) is 3.69. The highest BCUT2D eigenvalue weighted by atomic mass is 16.5. The van der Waals surface area contributed by atoms with Crippen LogP contribution in [0.3, 0.4) is 0 Å². The van der Waals surface area contributed by atoms with Crippen LogP contribution in [0.5, 0.6) is 11.5 Å². The monoisotopic (exact) mass is 383 g/mol. The SMILES string of the molecule is COc1cccc(OC)c1C(=O)OCCCCN1C(=O)c2ccccc2C1=O. The minimum Gasteiger partial charge on any atom is -0.496 e. The molecule has 0 aliphatic carbocycles. The molecule has 1 heterocycles. The standard InChI is InChI=1S/C21H21NO6/c1-26-16-10-7-11-17(27-2)18(16)21(25)28-13-6-5-12-22-19(23)14-8-3-4-9-15(14)20(22)24/h3-4,7-11H,5-6,12-13H2,1-2H3. The first-order valence-corrected chi connectivity index (χ1v) is 8.91. The highest BCUT2D eigenvalue weighted by Gasteiger charge is 2.34. The van der Waals surface area contributed by atoms with Crippen molar-refractivity contribution < 1.29 is 28.6 Å². The number of hydrogen-bond donors (Lipinski definition) is 0. The van der Waals surface area contributed by atoms with Crippen molar-refractivity contribution in [2.24, 2.45) is 0 Å². The summed E-state index contributed by atoms with van der Waals surface area (Å²) in [5.41, 5.74) is 1.09. The van der Waals surface area contributed by atoms with E-state index in [2.05, 4.69) is 0 Å². The molecule has 0 saturated carbocycles. The van der Waals surface area contributed by atoms with Gasteiger partial charge in [0.25, 0.3) is 11.8 Å². The van der Waals surface area contributed by atoms with Gasteiger partial charge in [0.2, 0.25) is 0 Å². The number of benzene rings is 2. The first-order chi connectivity index (χ1) is 13.6. The van der Waals surface area contributed by atoms with E-state index in [1.54, 1.807) is 42.5 Å². The zero-order valence-electron chi connectivity index (χ0n) is 15.8. The van der Waals surface area contributed by atoms with Crippen molar-refractivity contribution in [3.05, 3.63) is 59.2 Å². The smallest absolute Gasteiger partial charge is 0.345 e. The van der Waals surface area contributed by atoms with Crippen LogP contribution in [0.25, 0.3) is 0 Å². The molecule has 7 heteroatoms. The minimum atomic E-state index is -0.546. The molecule has 146 valence electrons. The molecule has 2 aromatic rings. The molecule has 0 aromatic heterocycles. The van der Waals surface area contributed by atoms with Crippen LogP contribution in [0, 0.1) is 0 Å². The molecular formula is C21H21NO6. The summed E-state index contributed by atoms with van der Waals surface area (Å²) in [4.78, 5) is 38.2. The summed E-state index contributed by atoms with van der Waals surface area (Å²) in [6.45, 7) is 0.436. The molecule has 0 atom stereocenters. The Morgan fingerprint density at radius 3 is 1.96 bits per heavy atom. The Bertz CT molecular complexity index is 850. The highest BCUT2D eigenvalue weighted by Crippen LogP contribution is 2.29. The number of carbonyl (C=O) groups is 3. The average molecular weight is 383 g/mol. The predicted octanol–water partition coefficient (Wildman–Crippen LogP) is 2.94. The van der Waals surface area contributed by atoms with Crippen molar-refractivity contribution in [3.63, 3.8) is 0 Å². The molecule has 1 aliphatic heterocycles. The molecule has 0 unspecified atom stereocenters. The largest absolute Gasteiger partial charge is 0.496 e. The van der Waals surface area contributed by atoms with Gasteiger partial charge in [0.1, 0.15) is 17.1 Å². The van der Waals surface area contributed by atoms with Crippen LogP contribution >= 0.6 is 0 Å². The van der Waals surface area contributed by atoms with Gasteiger partial charge in [0, 0.05) is 6.54 Å². The van der Waals surface area contributed by atoms with E-state index < -0.39 is 5.97 Å². The molecule has 0 bridgehead atoms. The van der Waals surface area contributed by atoms with Gasteiger partial charge >= 0.3 is 5.97 Å². The number of nitrogens with zero attached hydrogens (tertiary/aromatic N) is 1. The van der Waals surface area contributed by atoms with Crippen LogP contribution in [0.2, 0.25) is 0 Å². The van der Waals surface area contributed by atoms with Crippen molar-refractivity contribution in [1.29, 1.82) is 0 Å². The van der Waals surface area contributed by atoms with E-state index in [9.17, 15) is 14.4 Å². The van der Waals surface area contributed by atoms with E-state index in [-0.39, 0.29) is 30.5 Å². The maximum absolute atomic E-state index is 12.4. The molecular weight excluding hydrogens is 362 g/mol. The first kappa shape index (κ1) is 19.4. The molecule has 0 saturated heterocycles. The molecule has 0 radical (unpaired) electrons. The van der Waals surface area contributed by atoms with Crippen molar-refractivity contribution >= 4 is 17.8 Å². The van der Waals surface area contributed by atoms with Crippen LogP contribution in [0.4, 0.5) is 0 Å². The fourth-order valence-corrected chi connectivity index (χ4v) is 3.10. The Labute approximate surface area is 162 Å². The van der Waals surface area contributed by atoms with Gasteiger partial charge in [-0.15, -0.1) is 0 Å². The summed E-state index contributed by atoms with van der Waals surface area (Å²) in [7, 11) is 2.93. The van der Waals surface area contributed by atoms with Gasteiger partial charge in [-0.1, -0.05) is 18.2 Å². The normalized spacial score (nSPS) is 12.7. The zero-order valence-corrected chi connectivity index (χ0v) is 15.8. The van der Waals surface area contributed by atoms with Gasteiger partial charge in [-0.3, -0.25) is 14.5 Å². The quantitative estimate of drug-likeness (QED) is 0.396. The zero-order chi connectivity index (χ0) is 20.1. The summed E-state index contributed by atoms with van der Waals surface area (Å²) < 4.78 is 15.7. The second-order valence-corrected chi connectivity index (χ2v) is 6.19. The van der Waals surface area contributed by atoms with Crippen molar-refractivity contribution in [2.45, 2.75) is 12.8 Å². The molecule has 0 N–H and O–H groups in total. The van der Waals surface area contributed by atoms with Gasteiger partial charge in [0.15, 0.2) is 0 Å². The Balaban J connectivity index is 1.51. The number of amides is 2.